The predicted molar refractivity (Wildman–Crippen MR) is 75.9 cm³/mol. The van der Waals surface area contributed by atoms with E-state index in [0.717, 1.165) is 0 Å². The summed E-state index contributed by atoms with van der Waals surface area (Å²) in [5.74, 6) is -3.49. The maximum Gasteiger partial charge on any atom is 0.412 e. The third-order valence-corrected chi connectivity index (χ3v) is 3.63. The van der Waals surface area contributed by atoms with Gasteiger partial charge in [0.05, 0.1) is 18.2 Å². The Balaban J connectivity index is 2.62. The minimum atomic E-state index is -1.62. The topological polar surface area (TPSA) is 104 Å². The minimum absolute atomic E-state index is 0.0354. The number of ether oxygens (including phenoxy) is 1. The second-order valence-corrected chi connectivity index (χ2v) is 5.06. The number of carboxylic acids is 1. The monoisotopic (exact) mass is 343 g/mol. The number of aliphatic carboxylic acids is 1. The van der Waals surface area contributed by atoms with Crippen molar-refractivity contribution in [2.75, 3.05) is 7.11 Å². The molecule has 0 saturated heterocycles. The Morgan fingerprint density at radius 2 is 2.04 bits per heavy atom. The van der Waals surface area contributed by atoms with E-state index < -0.39 is 41.8 Å². The molecule has 0 aliphatic carbocycles. The average Bonchev–Trinajstić information content (AvgIpc) is 2.46. The van der Waals surface area contributed by atoms with Crippen molar-refractivity contribution in [1.29, 1.82) is 0 Å². The molecule has 0 spiro atoms. The van der Waals surface area contributed by atoms with E-state index in [4.69, 9.17) is 21.4 Å². The first kappa shape index (κ1) is 16.8. The second-order valence-electron chi connectivity index (χ2n) is 4.66. The van der Waals surface area contributed by atoms with Gasteiger partial charge in [0.25, 0.3) is 0 Å². The molecule has 1 amide bonds. The molecule has 0 bridgehead atoms. The summed E-state index contributed by atoms with van der Waals surface area (Å²) in [7, 11) is 1.18. The van der Waals surface area contributed by atoms with E-state index in [0.29, 0.717) is 11.0 Å². The normalized spacial score (nSPS) is 17.7. The van der Waals surface area contributed by atoms with Crippen LogP contribution < -0.4 is 4.74 Å². The highest BCUT2D eigenvalue weighted by molar-refractivity contribution is 6.32. The van der Waals surface area contributed by atoms with Crippen LogP contribution in [0.3, 0.4) is 0 Å². The summed E-state index contributed by atoms with van der Waals surface area (Å²) in [4.78, 5) is 34.8. The average molecular weight is 344 g/mol. The van der Waals surface area contributed by atoms with E-state index in [1.807, 2.05) is 0 Å². The molecule has 122 valence electrons. The third kappa shape index (κ3) is 2.98. The molecular formula is C14H11ClFNO6. The van der Waals surface area contributed by atoms with E-state index in [2.05, 4.69) is 0 Å². The molecule has 1 aliphatic heterocycles. The number of allylic oxidation sites excluding steroid dienone is 1. The number of hydrogen-bond acceptors (Lipinski definition) is 4. The lowest BCUT2D eigenvalue weighted by Gasteiger charge is -2.32. The van der Waals surface area contributed by atoms with Crippen molar-refractivity contribution in [1.82, 2.24) is 4.90 Å². The molecule has 0 aromatic heterocycles. The molecule has 0 radical (unpaired) electrons. The van der Waals surface area contributed by atoms with Crippen molar-refractivity contribution in [2.24, 2.45) is 0 Å². The molecule has 1 aliphatic rings. The first-order valence-corrected chi connectivity index (χ1v) is 6.67. The molecule has 1 atom stereocenters. The number of methoxy groups -OCH3 is 1. The summed E-state index contributed by atoms with van der Waals surface area (Å²) in [6, 6.07) is 1.14. The number of hydrogen-bond donors (Lipinski definition) is 2. The smallest absolute Gasteiger partial charge is 0.412 e. The molecular weight excluding hydrogens is 333 g/mol. The van der Waals surface area contributed by atoms with Crippen LogP contribution in [0.4, 0.5) is 9.18 Å². The Bertz CT molecular complexity index is 732. The number of ketones is 1. The van der Waals surface area contributed by atoms with Gasteiger partial charge < -0.3 is 14.9 Å². The van der Waals surface area contributed by atoms with Gasteiger partial charge in [0.1, 0.15) is 5.70 Å². The maximum absolute atomic E-state index is 14.5. The quantitative estimate of drug-likeness (QED) is 0.873. The number of rotatable bonds is 3. The number of nitrogens with zero attached hydrogens (tertiary/aromatic N) is 1. The van der Waals surface area contributed by atoms with Gasteiger partial charge in [-0.1, -0.05) is 17.7 Å². The lowest BCUT2D eigenvalue weighted by atomic mass is 9.94. The molecule has 2 rings (SSSR count). The standard InChI is InChI=1S/C14H11ClFNO6/c1-23-12-8(15)3-2-7(11(12)16)9-4-6(18)5-10(13(19)20)17(9)14(21)22/h2-3,5,9H,4H2,1H3,(H,19,20)(H,21,22). The Labute approximate surface area is 134 Å². The highest BCUT2D eigenvalue weighted by Gasteiger charge is 2.38. The number of benzene rings is 1. The first-order valence-electron chi connectivity index (χ1n) is 6.29. The Kier molecular flexibility index (Phi) is 4.55. The zero-order chi connectivity index (χ0) is 17.3. The van der Waals surface area contributed by atoms with Crippen molar-refractivity contribution in [2.45, 2.75) is 12.5 Å². The molecule has 1 unspecified atom stereocenters. The molecule has 23 heavy (non-hydrogen) atoms. The van der Waals surface area contributed by atoms with Crippen LogP contribution in [-0.2, 0) is 9.59 Å². The SMILES string of the molecule is COc1c(Cl)ccc(C2CC(=O)C=C(C(=O)O)N2C(=O)O)c1F. The maximum atomic E-state index is 14.5. The Morgan fingerprint density at radius 3 is 2.57 bits per heavy atom. The highest BCUT2D eigenvalue weighted by atomic mass is 35.5. The first-order chi connectivity index (χ1) is 10.8. The van der Waals surface area contributed by atoms with E-state index in [-0.39, 0.29) is 16.3 Å². The van der Waals surface area contributed by atoms with Crippen LogP contribution in [0.1, 0.15) is 18.0 Å². The highest BCUT2D eigenvalue weighted by Crippen LogP contribution is 2.38. The summed E-state index contributed by atoms with van der Waals surface area (Å²) in [6.07, 6.45) is -1.31. The van der Waals surface area contributed by atoms with Crippen LogP contribution in [0.25, 0.3) is 0 Å². The van der Waals surface area contributed by atoms with Gasteiger partial charge in [-0.2, -0.15) is 0 Å². The van der Waals surface area contributed by atoms with Gasteiger partial charge in [-0.15, -0.1) is 0 Å². The number of halogens is 2. The molecule has 0 fully saturated rings. The lowest BCUT2D eigenvalue weighted by molar-refractivity contribution is -0.135. The molecule has 9 heteroatoms. The molecule has 1 heterocycles. The Morgan fingerprint density at radius 1 is 1.39 bits per heavy atom. The third-order valence-electron chi connectivity index (χ3n) is 3.33. The van der Waals surface area contributed by atoms with E-state index >= 15 is 0 Å². The van der Waals surface area contributed by atoms with Crippen molar-refractivity contribution in [3.05, 3.63) is 40.3 Å². The fourth-order valence-electron chi connectivity index (χ4n) is 2.37. The predicted octanol–water partition coefficient (Wildman–Crippen LogP) is 2.45. The molecule has 1 aromatic carbocycles. The van der Waals surface area contributed by atoms with Gasteiger partial charge in [-0.05, 0) is 6.07 Å². The van der Waals surface area contributed by atoms with Gasteiger partial charge in [0, 0.05) is 18.1 Å². The van der Waals surface area contributed by atoms with E-state index in [1.165, 1.54) is 19.2 Å². The van der Waals surface area contributed by atoms with Gasteiger partial charge in [0.2, 0.25) is 0 Å². The fraction of sp³-hybridized carbons (Fsp3) is 0.214. The number of carbonyl (C=O) groups is 3. The molecule has 7 nitrogen and oxygen atoms in total. The van der Waals surface area contributed by atoms with Crippen LogP contribution in [0, 0.1) is 5.82 Å². The van der Waals surface area contributed by atoms with Gasteiger partial charge in [-0.3, -0.25) is 9.69 Å². The summed E-state index contributed by atoms with van der Waals surface area (Å²) in [6.45, 7) is 0. The number of carboxylic acid groups (broad SMARTS) is 2. The van der Waals surface area contributed by atoms with Crippen molar-refractivity contribution in [3.8, 4) is 5.75 Å². The summed E-state index contributed by atoms with van der Waals surface area (Å²) < 4.78 is 19.3. The fourth-order valence-corrected chi connectivity index (χ4v) is 2.60. The molecule has 0 saturated carbocycles. The zero-order valence-electron chi connectivity index (χ0n) is 11.7. The minimum Gasteiger partial charge on any atom is -0.492 e. The summed E-state index contributed by atoms with van der Waals surface area (Å²) in [5.41, 5.74) is -0.944. The van der Waals surface area contributed by atoms with Gasteiger partial charge >= 0.3 is 12.1 Å². The van der Waals surface area contributed by atoms with Crippen molar-refractivity contribution in [3.63, 3.8) is 0 Å². The van der Waals surface area contributed by atoms with Crippen molar-refractivity contribution < 1.29 is 33.7 Å². The number of amides is 1. The van der Waals surface area contributed by atoms with Crippen LogP contribution in [0.5, 0.6) is 5.75 Å². The molecule has 1 aromatic rings. The van der Waals surface area contributed by atoms with Crippen LogP contribution in [0.15, 0.2) is 23.9 Å². The van der Waals surface area contributed by atoms with Crippen LogP contribution in [-0.4, -0.2) is 40.1 Å². The second kappa shape index (κ2) is 6.25. The summed E-state index contributed by atoms with van der Waals surface area (Å²) >= 11 is 5.78. The zero-order valence-corrected chi connectivity index (χ0v) is 12.5. The summed E-state index contributed by atoms with van der Waals surface area (Å²) in [5, 5.41) is 18.3. The van der Waals surface area contributed by atoms with Gasteiger partial charge in [0.15, 0.2) is 17.3 Å². The molecule has 2 N–H and O–H groups in total. The van der Waals surface area contributed by atoms with Crippen LogP contribution >= 0.6 is 11.6 Å². The van der Waals surface area contributed by atoms with Gasteiger partial charge in [-0.25, -0.2) is 14.0 Å². The number of carbonyl (C=O) groups excluding carboxylic acids is 1. The van der Waals surface area contributed by atoms with E-state index in [9.17, 15) is 23.9 Å². The Hall–Kier alpha value is -2.61. The lowest BCUT2D eigenvalue weighted by Crippen LogP contribution is -2.40. The van der Waals surface area contributed by atoms with Crippen molar-refractivity contribution >= 4 is 29.4 Å². The van der Waals surface area contributed by atoms with Crippen LogP contribution in [0.2, 0.25) is 5.02 Å². The largest absolute Gasteiger partial charge is 0.492 e. The van der Waals surface area contributed by atoms with E-state index in [1.54, 1.807) is 0 Å².